The van der Waals surface area contributed by atoms with Gasteiger partial charge in [0.05, 0.1) is 13.7 Å². The van der Waals surface area contributed by atoms with Crippen LogP contribution in [0.5, 0.6) is 5.75 Å². The molecule has 33 heavy (non-hydrogen) atoms. The van der Waals surface area contributed by atoms with Crippen LogP contribution in [0, 0.1) is 13.8 Å². The molecular weight excluding hydrogens is 418 g/mol. The lowest BCUT2D eigenvalue weighted by Crippen LogP contribution is -2.46. The van der Waals surface area contributed by atoms with E-state index in [1.54, 1.807) is 7.11 Å². The predicted octanol–water partition coefficient (Wildman–Crippen LogP) is 4.18. The van der Waals surface area contributed by atoms with Gasteiger partial charge in [0.1, 0.15) is 11.3 Å². The summed E-state index contributed by atoms with van der Waals surface area (Å²) in [5.74, 6) is 0.384. The molecule has 1 aliphatic carbocycles. The zero-order chi connectivity index (χ0) is 23.6. The number of ether oxygens (including phenoxy) is 1. The summed E-state index contributed by atoms with van der Waals surface area (Å²) in [7, 11) is 1.65. The zero-order valence-corrected chi connectivity index (χ0v) is 19.8. The van der Waals surface area contributed by atoms with Gasteiger partial charge in [0.15, 0.2) is 5.78 Å². The molecule has 1 aromatic carbocycles. The molecule has 2 fully saturated rings. The summed E-state index contributed by atoms with van der Waals surface area (Å²) in [6.45, 7) is 4.43. The largest absolute Gasteiger partial charge is 0.497 e. The Morgan fingerprint density at radius 1 is 1.06 bits per heavy atom. The fourth-order valence-electron chi connectivity index (χ4n) is 5.18. The number of hydrogen-bond donors (Lipinski definition) is 1. The lowest BCUT2D eigenvalue weighted by atomic mass is 9.90. The molecule has 1 N–H and O–H groups in total. The number of hydrogen-bond acceptors (Lipinski definition) is 4. The summed E-state index contributed by atoms with van der Waals surface area (Å²) < 4.78 is 7.33. The summed E-state index contributed by atoms with van der Waals surface area (Å²) in [5.41, 5.74) is 2.79. The van der Waals surface area contributed by atoms with E-state index in [9.17, 15) is 14.4 Å². The lowest BCUT2D eigenvalue weighted by molar-refractivity contribution is -0.131. The maximum atomic E-state index is 13.2. The molecule has 1 aromatic heterocycles. The Balaban J connectivity index is 1.45. The number of carbonyl (C=O) groups is 3. The van der Waals surface area contributed by atoms with Gasteiger partial charge in [-0.2, -0.15) is 0 Å². The number of aryl methyl sites for hydroxylation is 2. The number of Topliss-reactive ketones (excluding diaryl/α,β-unsaturated/α-hetero) is 1. The normalized spacial score (nSPS) is 17.8. The highest BCUT2D eigenvalue weighted by Gasteiger charge is 2.51. The Labute approximate surface area is 195 Å². The van der Waals surface area contributed by atoms with Gasteiger partial charge in [0.2, 0.25) is 0 Å². The van der Waals surface area contributed by atoms with Crippen LogP contribution in [0.1, 0.15) is 65.8 Å². The Morgan fingerprint density at radius 3 is 2.36 bits per heavy atom. The molecule has 3 amide bonds. The van der Waals surface area contributed by atoms with Gasteiger partial charge in [-0.3, -0.25) is 14.5 Å². The van der Waals surface area contributed by atoms with E-state index in [1.807, 2.05) is 44.2 Å². The Hall–Kier alpha value is -3.09. The van der Waals surface area contributed by atoms with Crippen molar-refractivity contribution in [2.45, 2.75) is 70.9 Å². The topological polar surface area (TPSA) is 80.6 Å². The third-order valence-corrected chi connectivity index (χ3v) is 7.16. The van der Waals surface area contributed by atoms with Crippen LogP contribution in [0.3, 0.4) is 0 Å². The summed E-state index contributed by atoms with van der Waals surface area (Å²) in [6.07, 6.45) is 6.12. The van der Waals surface area contributed by atoms with Crippen molar-refractivity contribution in [1.29, 1.82) is 0 Å². The van der Waals surface area contributed by atoms with E-state index in [4.69, 9.17) is 4.74 Å². The molecule has 0 bridgehead atoms. The maximum absolute atomic E-state index is 13.2. The Bertz CT molecular complexity index is 1050. The van der Waals surface area contributed by atoms with E-state index in [0.717, 1.165) is 60.7 Å². The fourth-order valence-corrected chi connectivity index (χ4v) is 5.18. The van der Waals surface area contributed by atoms with E-state index in [2.05, 4.69) is 9.88 Å². The van der Waals surface area contributed by atoms with Gasteiger partial charge in [-0.15, -0.1) is 0 Å². The number of nitrogens with zero attached hydrogens (tertiary/aromatic N) is 2. The highest BCUT2D eigenvalue weighted by molar-refractivity contribution is 6.11. The van der Waals surface area contributed by atoms with Crippen LogP contribution in [0.25, 0.3) is 0 Å². The molecular formula is C26H33N3O4. The van der Waals surface area contributed by atoms with Crippen LogP contribution in [0.4, 0.5) is 4.79 Å². The lowest BCUT2D eigenvalue weighted by Gasteiger charge is -2.24. The highest BCUT2D eigenvalue weighted by Crippen LogP contribution is 2.33. The molecule has 4 rings (SSSR count). The van der Waals surface area contributed by atoms with Crippen LogP contribution < -0.4 is 10.1 Å². The molecule has 1 aliphatic heterocycles. The quantitative estimate of drug-likeness (QED) is 0.506. The number of imide groups is 1. The van der Waals surface area contributed by atoms with Crippen molar-refractivity contribution in [1.82, 2.24) is 14.8 Å². The van der Waals surface area contributed by atoms with Crippen LogP contribution in [0.2, 0.25) is 0 Å². The average molecular weight is 452 g/mol. The number of amides is 3. The number of carbonyl (C=O) groups excluding carboxylic acids is 3. The number of rotatable bonds is 7. The molecule has 176 valence electrons. The molecule has 0 atom stereocenters. The van der Waals surface area contributed by atoms with Crippen LogP contribution in [-0.4, -0.2) is 46.4 Å². The number of aromatic nitrogens is 1. The minimum atomic E-state index is -0.816. The number of urea groups is 1. The second-order valence-electron chi connectivity index (χ2n) is 9.28. The summed E-state index contributed by atoms with van der Waals surface area (Å²) in [4.78, 5) is 40.1. The first-order chi connectivity index (χ1) is 15.8. The van der Waals surface area contributed by atoms with Crippen molar-refractivity contribution < 1.29 is 19.1 Å². The van der Waals surface area contributed by atoms with Crippen molar-refractivity contribution in [3.8, 4) is 5.75 Å². The van der Waals surface area contributed by atoms with Crippen molar-refractivity contribution in [2.75, 3.05) is 13.7 Å². The third kappa shape index (κ3) is 4.54. The first-order valence-corrected chi connectivity index (χ1v) is 11.8. The van der Waals surface area contributed by atoms with Crippen molar-refractivity contribution in [3.05, 3.63) is 52.8 Å². The van der Waals surface area contributed by atoms with Crippen LogP contribution in [-0.2, 0) is 17.8 Å². The van der Waals surface area contributed by atoms with Crippen molar-refractivity contribution >= 4 is 17.7 Å². The van der Waals surface area contributed by atoms with Crippen molar-refractivity contribution in [2.24, 2.45) is 0 Å². The van der Waals surface area contributed by atoms with E-state index in [-0.39, 0.29) is 18.2 Å². The highest BCUT2D eigenvalue weighted by atomic mass is 16.5. The smallest absolute Gasteiger partial charge is 0.325 e. The van der Waals surface area contributed by atoms with Gasteiger partial charge >= 0.3 is 6.03 Å². The summed E-state index contributed by atoms with van der Waals surface area (Å²) in [6, 6.07) is 9.40. The second-order valence-corrected chi connectivity index (χ2v) is 9.28. The number of methoxy groups -OCH3 is 1. The fraction of sp³-hybridized carbons (Fsp3) is 0.500. The zero-order valence-electron chi connectivity index (χ0n) is 19.8. The molecule has 1 saturated carbocycles. The van der Waals surface area contributed by atoms with Gasteiger partial charge in [0.25, 0.3) is 5.91 Å². The number of nitrogens with one attached hydrogen (secondary N) is 1. The number of ketones is 1. The summed E-state index contributed by atoms with van der Waals surface area (Å²) in [5, 5.41) is 2.91. The van der Waals surface area contributed by atoms with E-state index in [1.165, 1.54) is 5.56 Å². The Morgan fingerprint density at radius 2 is 1.73 bits per heavy atom. The first kappa shape index (κ1) is 23.1. The van der Waals surface area contributed by atoms with Gasteiger partial charge < -0.3 is 14.6 Å². The third-order valence-electron chi connectivity index (χ3n) is 7.16. The van der Waals surface area contributed by atoms with Crippen LogP contribution >= 0.6 is 0 Å². The van der Waals surface area contributed by atoms with E-state index in [0.29, 0.717) is 18.4 Å². The first-order valence-electron chi connectivity index (χ1n) is 11.8. The molecule has 2 aliphatic rings. The minimum absolute atomic E-state index is 0.201. The average Bonchev–Trinajstić information content (AvgIpc) is 3.08. The van der Waals surface area contributed by atoms with Crippen LogP contribution in [0.15, 0.2) is 30.3 Å². The number of benzene rings is 1. The van der Waals surface area contributed by atoms with Crippen molar-refractivity contribution in [3.63, 3.8) is 0 Å². The molecule has 0 radical (unpaired) electrons. The maximum Gasteiger partial charge on any atom is 0.325 e. The SMILES string of the molecule is COc1ccc(CCn2c(C)cc(C(=O)CN3C(=O)NC4(CCCCCC4)C3=O)c2C)cc1. The van der Waals surface area contributed by atoms with Gasteiger partial charge in [-0.05, 0) is 56.9 Å². The summed E-state index contributed by atoms with van der Waals surface area (Å²) >= 11 is 0. The second kappa shape index (κ2) is 9.41. The predicted molar refractivity (Wildman–Crippen MR) is 126 cm³/mol. The molecule has 2 heterocycles. The molecule has 1 spiro atoms. The van der Waals surface area contributed by atoms with Gasteiger partial charge in [0, 0.05) is 23.5 Å². The molecule has 7 nitrogen and oxygen atoms in total. The van der Waals surface area contributed by atoms with Gasteiger partial charge in [-0.25, -0.2) is 4.79 Å². The minimum Gasteiger partial charge on any atom is -0.497 e. The molecule has 0 unspecified atom stereocenters. The molecule has 2 aromatic rings. The van der Waals surface area contributed by atoms with Gasteiger partial charge in [-0.1, -0.05) is 37.8 Å². The molecule has 1 saturated heterocycles. The van der Waals surface area contributed by atoms with E-state index < -0.39 is 11.6 Å². The van der Waals surface area contributed by atoms with E-state index >= 15 is 0 Å². The molecule has 7 heteroatoms. The Kier molecular flexibility index (Phi) is 6.58. The standard InChI is InChI=1S/C26H33N3O4/c1-18-16-22(19(2)28(18)15-12-20-8-10-21(33-3)11-9-20)23(30)17-29-24(31)26(27-25(29)32)13-6-4-5-7-14-26/h8-11,16H,4-7,12-15,17H2,1-3H3,(H,27,32). The monoisotopic (exact) mass is 451 g/mol.